The lowest BCUT2D eigenvalue weighted by atomic mass is 10.1. The Labute approximate surface area is 163 Å². The quantitative estimate of drug-likeness (QED) is 0.665. The highest BCUT2D eigenvalue weighted by atomic mass is 32.2. The average Bonchev–Trinajstić information content (AvgIpc) is 3.07. The van der Waals surface area contributed by atoms with Gasteiger partial charge < -0.3 is 15.0 Å². The molecule has 0 aliphatic carbocycles. The van der Waals surface area contributed by atoms with Crippen molar-refractivity contribution in [3.63, 3.8) is 0 Å². The molecule has 3 N–H and O–H groups in total. The smallest absolute Gasteiger partial charge is 0.238 e. The molecule has 148 valence electrons. The molecule has 0 saturated carbocycles. The van der Waals surface area contributed by atoms with E-state index in [0.29, 0.717) is 24.6 Å². The second-order valence-corrected chi connectivity index (χ2v) is 7.96. The molecule has 1 aliphatic rings. The van der Waals surface area contributed by atoms with Crippen molar-refractivity contribution in [2.45, 2.75) is 11.3 Å². The summed E-state index contributed by atoms with van der Waals surface area (Å²) in [7, 11) is -3.87. The number of sulfonamides is 1. The van der Waals surface area contributed by atoms with Crippen LogP contribution >= 0.6 is 0 Å². The summed E-state index contributed by atoms with van der Waals surface area (Å²) >= 11 is 0. The number of anilines is 1. The van der Waals surface area contributed by atoms with E-state index in [-0.39, 0.29) is 29.7 Å². The second-order valence-electron chi connectivity index (χ2n) is 6.40. The number of benzene rings is 2. The third-order valence-electron chi connectivity index (χ3n) is 4.37. The zero-order valence-corrected chi connectivity index (χ0v) is 15.9. The van der Waals surface area contributed by atoms with Crippen molar-refractivity contribution in [2.75, 3.05) is 24.6 Å². The Bertz CT molecular complexity index is 963. The minimum absolute atomic E-state index is 0.0605. The van der Waals surface area contributed by atoms with Crippen LogP contribution in [0.4, 0.5) is 5.69 Å². The van der Waals surface area contributed by atoms with Crippen molar-refractivity contribution >= 4 is 27.5 Å². The molecule has 0 bridgehead atoms. The van der Waals surface area contributed by atoms with Gasteiger partial charge in [0.25, 0.3) is 0 Å². The van der Waals surface area contributed by atoms with Crippen LogP contribution in [0.5, 0.6) is 5.75 Å². The maximum atomic E-state index is 12.3. The number of primary sulfonamides is 1. The molecule has 0 spiro atoms. The van der Waals surface area contributed by atoms with Crippen molar-refractivity contribution in [1.82, 2.24) is 5.32 Å². The van der Waals surface area contributed by atoms with Crippen molar-refractivity contribution in [2.24, 2.45) is 11.1 Å². The molecule has 1 aliphatic heterocycles. The SMILES string of the molecule is NS(=O)(=O)c1cccc(N2C[C@H](C(=O)NCCOc3ccccc3)CC2=O)c1. The van der Waals surface area contributed by atoms with E-state index < -0.39 is 15.9 Å². The van der Waals surface area contributed by atoms with Crippen molar-refractivity contribution in [3.05, 3.63) is 54.6 Å². The summed E-state index contributed by atoms with van der Waals surface area (Å²) in [5, 5.41) is 7.90. The summed E-state index contributed by atoms with van der Waals surface area (Å²) in [4.78, 5) is 26.0. The van der Waals surface area contributed by atoms with Crippen molar-refractivity contribution < 1.29 is 22.7 Å². The van der Waals surface area contributed by atoms with Crippen LogP contribution in [-0.4, -0.2) is 39.9 Å². The summed E-state index contributed by atoms with van der Waals surface area (Å²) in [5.74, 6) is -0.279. The van der Waals surface area contributed by atoms with Crippen LogP contribution in [0.2, 0.25) is 0 Å². The number of carbonyl (C=O) groups is 2. The van der Waals surface area contributed by atoms with Gasteiger partial charge in [-0.2, -0.15) is 0 Å². The summed E-state index contributed by atoms with van der Waals surface area (Å²) in [5.41, 5.74) is 0.402. The molecule has 2 aromatic rings. The number of nitrogens with one attached hydrogen (secondary N) is 1. The predicted octanol–water partition coefficient (Wildman–Crippen LogP) is 0.882. The topological polar surface area (TPSA) is 119 Å². The normalized spacial score (nSPS) is 16.8. The Kier molecular flexibility index (Phi) is 5.96. The lowest BCUT2D eigenvalue weighted by molar-refractivity contribution is -0.126. The number of amides is 2. The molecule has 1 heterocycles. The number of ether oxygens (including phenoxy) is 1. The summed E-state index contributed by atoms with van der Waals surface area (Å²) < 4.78 is 28.5. The summed E-state index contributed by atoms with van der Waals surface area (Å²) in [6.07, 6.45) is 0.0605. The Balaban J connectivity index is 1.54. The van der Waals surface area contributed by atoms with E-state index in [1.165, 1.54) is 23.1 Å². The predicted molar refractivity (Wildman–Crippen MR) is 103 cm³/mol. The van der Waals surface area contributed by atoms with Crippen LogP contribution in [0, 0.1) is 5.92 Å². The van der Waals surface area contributed by atoms with Crippen LogP contribution in [0.15, 0.2) is 59.5 Å². The van der Waals surface area contributed by atoms with Crippen molar-refractivity contribution in [3.8, 4) is 5.75 Å². The van der Waals surface area contributed by atoms with Crippen molar-refractivity contribution in [1.29, 1.82) is 0 Å². The van der Waals surface area contributed by atoms with Crippen LogP contribution in [0.3, 0.4) is 0 Å². The first kappa shape index (κ1) is 19.8. The van der Waals surface area contributed by atoms with E-state index in [1.807, 2.05) is 30.3 Å². The number of hydrogen-bond donors (Lipinski definition) is 2. The first-order chi connectivity index (χ1) is 13.3. The number of nitrogens with zero attached hydrogens (tertiary/aromatic N) is 1. The van der Waals surface area contributed by atoms with Gasteiger partial charge in [0, 0.05) is 18.7 Å². The van der Waals surface area contributed by atoms with E-state index in [2.05, 4.69) is 5.32 Å². The van der Waals surface area contributed by atoms with E-state index in [9.17, 15) is 18.0 Å². The monoisotopic (exact) mass is 403 g/mol. The summed E-state index contributed by atoms with van der Waals surface area (Å²) in [6.45, 7) is 0.814. The number of para-hydroxylation sites is 1. The van der Waals surface area contributed by atoms with Crippen LogP contribution in [-0.2, 0) is 19.6 Å². The third kappa shape index (κ3) is 4.87. The lowest BCUT2D eigenvalue weighted by Crippen LogP contribution is -2.35. The molecule has 8 nitrogen and oxygen atoms in total. The number of nitrogens with two attached hydrogens (primary N) is 1. The van der Waals surface area contributed by atoms with E-state index in [1.54, 1.807) is 6.07 Å². The van der Waals surface area contributed by atoms with Gasteiger partial charge in [-0.15, -0.1) is 0 Å². The van der Waals surface area contributed by atoms with Gasteiger partial charge in [0.1, 0.15) is 12.4 Å². The first-order valence-corrected chi connectivity index (χ1v) is 10.3. The maximum Gasteiger partial charge on any atom is 0.238 e. The molecular weight excluding hydrogens is 382 g/mol. The zero-order valence-electron chi connectivity index (χ0n) is 15.1. The fourth-order valence-corrected chi connectivity index (χ4v) is 3.52. The molecular formula is C19H21N3O5S. The van der Waals surface area contributed by atoms with Crippen LogP contribution < -0.4 is 20.1 Å². The highest BCUT2D eigenvalue weighted by molar-refractivity contribution is 7.89. The number of carbonyl (C=O) groups excluding carboxylic acids is 2. The molecule has 0 aromatic heterocycles. The van der Waals surface area contributed by atoms with Gasteiger partial charge in [0.15, 0.2) is 0 Å². The Morgan fingerprint density at radius 3 is 2.64 bits per heavy atom. The standard InChI is InChI=1S/C19H21N3O5S/c20-28(25,26)17-8-4-5-15(12-17)22-13-14(11-18(22)23)19(24)21-9-10-27-16-6-2-1-3-7-16/h1-8,12,14H,9-11,13H2,(H,21,24)(H2,20,25,26)/t14-/m1/s1. The minimum Gasteiger partial charge on any atom is -0.492 e. The molecule has 1 saturated heterocycles. The van der Waals surface area contributed by atoms with Crippen LogP contribution in [0.25, 0.3) is 0 Å². The second kappa shape index (κ2) is 8.41. The van der Waals surface area contributed by atoms with Gasteiger partial charge in [0.2, 0.25) is 21.8 Å². The molecule has 1 fully saturated rings. The van der Waals surface area contributed by atoms with E-state index in [0.717, 1.165) is 0 Å². The first-order valence-electron chi connectivity index (χ1n) is 8.73. The van der Waals surface area contributed by atoms with Gasteiger partial charge in [0.05, 0.1) is 17.4 Å². The molecule has 9 heteroatoms. The molecule has 1 atom stereocenters. The fourth-order valence-electron chi connectivity index (χ4n) is 2.97. The third-order valence-corrected chi connectivity index (χ3v) is 5.28. The van der Waals surface area contributed by atoms with Gasteiger partial charge in [-0.3, -0.25) is 9.59 Å². The van der Waals surface area contributed by atoms with Gasteiger partial charge in [-0.05, 0) is 30.3 Å². The Hall–Kier alpha value is -2.91. The maximum absolute atomic E-state index is 12.3. The Morgan fingerprint density at radius 2 is 1.93 bits per heavy atom. The molecule has 2 aromatic carbocycles. The molecule has 0 radical (unpaired) electrons. The van der Waals surface area contributed by atoms with E-state index >= 15 is 0 Å². The molecule has 2 amide bonds. The van der Waals surface area contributed by atoms with E-state index in [4.69, 9.17) is 9.88 Å². The van der Waals surface area contributed by atoms with Gasteiger partial charge in [-0.25, -0.2) is 13.6 Å². The highest BCUT2D eigenvalue weighted by Crippen LogP contribution is 2.26. The van der Waals surface area contributed by atoms with Gasteiger partial charge in [-0.1, -0.05) is 24.3 Å². The number of hydrogen-bond acceptors (Lipinski definition) is 5. The van der Waals surface area contributed by atoms with Crippen LogP contribution in [0.1, 0.15) is 6.42 Å². The lowest BCUT2D eigenvalue weighted by Gasteiger charge is -2.17. The number of rotatable bonds is 7. The average molecular weight is 403 g/mol. The summed E-state index contributed by atoms with van der Waals surface area (Å²) in [6, 6.07) is 15.1. The highest BCUT2D eigenvalue weighted by Gasteiger charge is 2.35. The molecule has 0 unspecified atom stereocenters. The largest absolute Gasteiger partial charge is 0.492 e. The van der Waals surface area contributed by atoms with Gasteiger partial charge >= 0.3 is 0 Å². The molecule has 3 rings (SSSR count). The minimum atomic E-state index is -3.87. The molecule has 28 heavy (non-hydrogen) atoms. The fraction of sp³-hybridized carbons (Fsp3) is 0.263. The Morgan fingerprint density at radius 1 is 1.18 bits per heavy atom. The zero-order chi connectivity index (χ0) is 20.1.